The van der Waals surface area contributed by atoms with Gasteiger partial charge in [-0.25, -0.2) is 0 Å². The van der Waals surface area contributed by atoms with Gasteiger partial charge in [0.2, 0.25) is 0 Å². The zero-order valence-corrected chi connectivity index (χ0v) is 11.2. The molecular formula is C14H19NO4. The number of carbonyl (C=O) groups is 1. The van der Waals surface area contributed by atoms with E-state index in [1.165, 1.54) is 18.2 Å². The van der Waals surface area contributed by atoms with E-state index in [1.807, 2.05) is 6.92 Å². The maximum absolute atomic E-state index is 12.4. The first-order chi connectivity index (χ1) is 8.95. The number of carbonyl (C=O) groups excluding carboxylic acids is 1. The first-order valence-electron chi connectivity index (χ1n) is 6.31. The van der Waals surface area contributed by atoms with Gasteiger partial charge < -0.3 is 19.8 Å². The lowest BCUT2D eigenvalue weighted by atomic mass is 9.94. The van der Waals surface area contributed by atoms with Crippen molar-refractivity contribution in [3.05, 3.63) is 23.8 Å². The van der Waals surface area contributed by atoms with E-state index in [2.05, 4.69) is 0 Å². The smallest absolute Gasteiger partial charge is 0.257 e. The minimum Gasteiger partial charge on any atom is -0.508 e. The zero-order valence-electron chi connectivity index (χ0n) is 11.2. The SMILES string of the molecule is COC1(C)CCCN(C(=O)c2cc(O)ccc2O)C1. The summed E-state index contributed by atoms with van der Waals surface area (Å²) in [6, 6.07) is 3.96. The number of hydrogen-bond acceptors (Lipinski definition) is 4. The molecule has 1 saturated heterocycles. The van der Waals surface area contributed by atoms with Crippen molar-refractivity contribution in [1.29, 1.82) is 0 Å². The number of ether oxygens (including phenoxy) is 1. The molecule has 0 radical (unpaired) electrons. The van der Waals surface area contributed by atoms with E-state index in [0.29, 0.717) is 13.1 Å². The summed E-state index contributed by atoms with van der Waals surface area (Å²) in [5.74, 6) is -0.434. The normalized spacial score (nSPS) is 23.4. The topological polar surface area (TPSA) is 70.0 Å². The van der Waals surface area contributed by atoms with Crippen LogP contribution in [-0.2, 0) is 4.74 Å². The Hall–Kier alpha value is -1.75. The fourth-order valence-electron chi connectivity index (χ4n) is 2.41. The van der Waals surface area contributed by atoms with Crippen molar-refractivity contribution < 1.29 is 19.7 Å². The maximum Gasteiger partial charge on any atom is 0.257 e. The molecule has 19 heavy (non-hydrogen) atoms. The summed E-state index contributed by atoms with van der Waals surface area (Å²) in [5.41, 5.74) is -0.222. The molecule has 1 aliphatic heterocycles. The molecule has 1 fully saturated rings. The number of aromatic hydroxyl groups is 2. The molecule has 5 heteroatoms. The molecule has 1 heterocycles. The van der Waals surface area contributed by atoms with E-state index in [0.717, 1.165) is 12.8 Å². The summed E-state index contributed by atoms with van der Waals surface area (Å²) in [6.45, 7) is 3.08. The summed E-state index contributed by atoms with van der Waals surface area (Å²) in [7, 11) is 1.64. The molecule has 0 spiro atoms. The number of phenols is 2. The highest BCUT2D eigenvalue weighted by Gasteiger charge is 2.34. The van der Waals surface area contributed by atoms with Crippen LogP contribution in [-0.4, -0.2) is 46.8 Å². The van der Waals surface area contributed by atoms with Crippen molar-refractivity contribution in [2.75, 3.05) is 20.2 Å². The highest BCUT2D eigenvalue weighted by atomic mass is 16.5. The number of phenolic OH excluding ortho intramolecular Hbond substituents is 2. The van der Waals surface area contributed by atoms with Gasteiger partial charge in [-0.15, -0.1) is 0 Å². The summed E-state index contributed by atoms with van der Waals surface area (Å²) >= 11 is 0. The second-order valence-electron chi connectivity index (χ2n) is 5.19. The molecule has 0 saturated carbocycles. The Morgan fingerprint density at radius 3 is 2.84 bits per heavy atom. The van der Waals surface area contributed by atoms with Crippen LogP contribution in [0.15, 0.2) is 18.2 Å². The molecular weight excluding hydrogens is 246 g/mol. The molecule has 0 bridgehead atoms. The molecule has 5 nitrogen and oxygen atoms in total. The maximum atomic E-state index is 12.4. The van der Waals surface area contributed by atoms with Crippen molar-refractivity contribution in [1.82, 2.24) is 4.90 Å². The van der Waals surface area contributed by atoms with E-state index < -0.39 is 0 Å². The molecule has 1 atom stereocenters. The van der Waals surface area contributed by atoms with Gasteiger partial charge in [-0.1, -0.05) is 0 Å². The number of piperidine rings is 1. The molecule has 0 aromatic heterocycles. The van der Waals surface area contributed by atoms with Gasteiger partial charge in [-0.3, -0.25) is 4.79 Å². The van der Waals surface area contributed by atoms with E-state index >= 15 is 0 Å². The second-order valence-corrected chi connectivity index (χ2v) is 5.19. The molecule has 1 amide bonds. The third-order valence-corrected chi connectivity index (χ3v) is 3.65. The predicted molar refractivity (Wildman–Crippen MR) is 70.3 cm³/mol. The monoisotopic (exact) mass is 265 g/mol. The number of likely N-dealkylation sites (tertiary alicyclic amines) is 1. The van der Waals surface area contributed by atoms with Crippen LogP contribution in [0, 0.1) is 0 Å². The average molecular weight is 265 g/mol. The molecule has 104 valence electrons. The van der Waals surface area contributed by atoms with Gasteiger partial charge in [0, 0.05) is 20.2 Å². The number of rotatable bonds is 2. The van der Waals surface area contributed by atoms with Crippen LogP contribution in [0.25, 0.3) is 0 Å². The Balaban J connectivity index is 2.22. The molecule has 1 aliphatic rings. The number of benzene rings is 1. The quantitative estimate of drug-likeness (QED) is 0.799. The predicted octanol–water partition coefficient (Wildman–Crippen LogP) is 1.74. The number of methoxy groups -OCH3 is 1. The first kappa shape index (κ1) is 13.7. The van der Waals surface area contributed by atoms with Gasteiger partial charge in [0.05, 0.1) is 11.2 Å². The Morgan fingerprint density at radius 2 is 2.16 bits per heavy atom. The zero-order chi connectivity index (χ0) is 14.0. The van der Waals surface area contributed by atoms with E-state index in [9.17, 15) is 15.0 Å². The van der Waals surface area contributed by atoms with Crippen LogP contribution in [0.1, 0.15) is 30.1 Å². The largest absolute Gasteiger partial charge is 0.508 e. The van der Waals surface area contributed by atoms with Gasteiger partial charge in [0.1, 0.15) is 11.5 Å². The van der Waals surface area contributed by atoms with Crippen LogP contribution < -0.4 is 0 Å². The molecule has 1 aromatic carbocycles. The van der Waals surface area contributed by atoms with Gasteiger partial charge in [0.15, 0.2) is 0 Å². The van der Waals surface area contributed by atoms with E-state index in [4.69, 9.17) is 4.74 Å². The Morgan fingerprint density at radius 1 is 1.42 bits per heavy atom. The summed E-state index contributed by atoms with van der Waals surface area (Å²) in [5, 5.41) is 19.2. The molecule has 2 rings (SSSR count). The highest BCUT2D eigenvalue weighted by Crippen LogP contribution is 2.28. The van der Waals surface area contributed by atoms with Crippen LogP contribution in [0.5, 0.6) is 11.5 Å². The summed E-state index contributed by atoms with van der Waals surface area (Å²) in [4.78, 5) is 14.0. The van der Waals surface area contributed by atoms with Crippen LogP contribution >= 0.6 is 0 Å². The Labute approximate surface area is 112 Å². The Kier molecular flexibility index (Phi) is 3.66. The van der Waals surface area contributed by atoms with Gasteiger partial charge in [-0.2, -0.15) is 0 Å². The molecule has 1 aromatic rings. The lowest BCUT2D eigenvalue weighted by molar-refractivity contribution is -0.0440. The third-order valence-electron chi connectivity index (χ3n) is 3.65. The lowest BCUT2D eigenvalue weighted by Crippen LogP contribution is -2.49. The van der Waals surface area contributed by atoms with E-state index in [1.54, 1.807) is 12.0 Å². The van der Waals surface area contributed by atoms with Crippen LogP contribution in [0.4, 0.5) is 0 Å². The fraction of sp³-hybridized carbons (Fsp3) is 0.500. The van der Waals surface area contributed by atoms with Crippen molar-refractivity contribution in [2.24, 2.45) is 0 Å². The number of amides is 1. The minimum atomic E-state index is -0.347. The van der Waals surface area contributed by atoms with Crippen molar-refractivity contribution in [3.63, 3.8) is 0 Å². The molecule has 0 aliphatic carbocycles. The first-order valence-corrected chi connectivity index (χ1v) is 6.31. The van der Waals surface area contributed by atoms with Crippen molar-refractivity contribution in [3.8, 4) is 11.5 Å². The standard InChI is InChI=1S/C14H19NO4/c1-14(19-2)6-3-7-15(9-14)13(18)11-8-10(16)4-5-12(11)17/h4-5,8,16-17H,3,6-7,9H2,1-2H3. The number of nitrogens with zero attached hydrogens (tertiary/aromatic N) is 1. The number of hydrogen-bond donors (Lipinski definition) is 2. The second kappa shape index (κ2) is 5.09. The lowest BCUT2D eigenvalue weighted by Gasteiger charge is -2.39. The highest BCUT2D eigenvalue weighted by molar-refractivity contribution is 5.97. The van der Waals surface area contributed by atoms with E-state index in [-0.39, 0.29) is 28.6 Å². The van der Waals surface area contributed by atoms with Crippen LogP contribution in [0.2, 0.25) is 0 Å². The van der Waals surface area contributed by atoms with Crippen molar-refractivity contribution >= 4 is 5.91 Å². The minimum absolute atomic E-state index is 0.0346. The average Bonchev–Trinajstić information content (AvgIpc) is 2.41. The van der Waals surface area contributed by atoms with Crippen LogP contribution in [0.3, 0.4) is 0 Å². The van der Waals surface area contributed by atoms with Gasteiger partial charge in [-0.05, 0) is 38.0 Å². The Bertz CT molecular complexity index is 488. The summed E-state index contributed by atoms with van der Waals surface area (Å²) < 4.78 is 5.44. The van der Waals surface area contributed by atoms with Gasteiger partial charge in [0.25, 0.3) is 5.91 Å². The molecule has 1 unspecified atom stereocenters. The fourth-order valence-corrected chi connectivity index (χ4v) is 2.41. The van der Waals surface area contributed by atoms with Gasteiger partial charge >= 0.3 is 0 Å². The van der Waals surface area contributed by atoms with Crippen molar-refractivity contribution in [2.45, 2.75) is 25.4 Å². The molecule has 2 N–H and O–H groups in total. The third kappa shape index (κ3) is 2.81. The summed E-state index contributed by atoms with van der Waals surface area (Å²) in [6.07, 6.45) is 1.76.